The monoisotopic (exact) mass is 329 g/mol. The minimum Gasteiger partial charge on any atom is -0.333 e. The third kappa shape index (κ3) is 3.63. The predicted octanol–water partition coefficient (Wildman–Crippen LogP) is 3.27. The molecule has 0 bridgehead atoms. The minimum absolute atomic E-state index is 0.000700. The number of rotatable bonds is 3. The van der Waals surface area contributed by atoms with Crippen LogP contribution in [0.3, 0.4) is 0 Å². The number of carbonyl (C=O) groups excluding carboxylic acids is 2. The van der Waals surface area contributed by atoms with Gasteiger partial charge in [0.25, 0.3) is 0 Å². The fraction of sp³-hybridized carbons (Fsp3) is 0.176. The quantitative estimate of drug-likeness (QED) is 0.908. The largest absolute Gasteiger partial charge is 0.333 e. The highest BCUT2D eigenvalue weighted by molar-refractivity contribution is 6.33. The van der Waals surface area contributed by atoms with Gasteiger partial charge in [-0.3, -0.25) is 4.79 Å². The van der Waals surface area contributed by atoms with Gasteiger partial charge in [-0.15, -0.1) is 0 Å². The first kappa shape index (κ1) is 15.4. The Balaban J connectivity index is 1.60. The Kier molecular flexibility index (Phi) is 4.48. The number of halogens is 1. The molecule has 1 aliphatic heterocycles. The molecule has 1 saturated heterocycles. The summed E-state index contributed by atoms with van der Waals surface area (Å²) in [6, 6.07) is 15.8. The van der Waals surface area contributed by atoms with Crippen molar-refractivity contribution >= 4 is 34.9 Å². The number of urea groups is 1. The van der Waals surface area contributed by atoms with Crippen LogP contribution in [0.2, 0.25) is 5.02 Å². The summed E-state index contributed by atoms with van der Waals surface area (Å²) in [5.41, 5.74) is 1.38. The molecule has 3 rings (SSSR count). The van der Waals surface area contributed by atoms with Crippen LogP contribution >= 0.6 is 11.6 Å². The van der Waals surface area contributed by atoms with Gasteiger partial charge in [-0.05, 0) is 24.3 Å². The van der Waals surface area contributed by atoms with Crippen molar-refractivity contribution in [3.8, 4) is 0 Å². The standard InChI is InChI=1S/C17H16ClN3O2/c18-14-8-4-5-9-15(14)20-17(23)19-12-10-16(22)21(11-12)13-6-2-1-3-7-13/h1-9,12H,10-11H2,(H2,19,20,23)/t12-/m1/s1. The predicted molar refractivity (Wildman–Crippen MR) is 90.8 cm³/mol. The van der Waals surface area contributed by atoms with Crippen LogP contribution in [-0.2, 0) is 4.79 Å². The van der Waals surface area contributed by atoms with Crippen LogP contribution < -0.4 is 15.5 Å². The molecule has 0 spiro atoms. The summed E-state index contributed by atoms with van der Waals surface area (Å²) in [6.07, 6.45) is 0.283. The van der Waals surface area contributed by atoms with Gasteiger partial charge < -0.3 is 15.5 Å². The topological polar surface area (TPSA) is 61.4 Å². The van der Waals surface area contributed by atoms with Crippen LogP contribution in [0.25, 0.3) is 0 Å². The third-order valence-electron chi connectivity index (χ3n) is 3.65. The number of carbonyl (C=O) groups is 2. The molecule has 1 atom stereocenters. The lowest BCUT2D eigenvalue weighted by Gasteiger charge is -2.17. The molecular formula is C17H16ClN3O2. The zero-order chi connectivity index (χ0) is 16.2. The van der Waals surface area contributed by atoms with E-state index in [1.807, 2.05) is 30.3 Å². The number of nitrogens with one attached hydrogen (secondary N) is 2. The summed E-state index contributed by atoms with van der Waals surface area (Å²) in [4.78, 5) is 25.9. The van der Waals surface area contributed by atoms with Gasteiger partial charge >= 0.3 is 6.03 Å². The molecule has 1 fully saturated rings. The van der Waals surface area contributed by atoms with Crippen LogP contribution in [-0.4, -0.2) is 24.5 Å². The van der Waals surface area contributed by atoms with Gasteiger partial charge in [-0.25, -0.2) is 4.79 Å². The maximum absolute atomic E-state index is 12.1. The molecule has 0 radical (unpaired) electrons. The summed E-state index contributed by atoms with van der Waals surface area (Å²) in [5.74, 6) is -0.000700. The molecule has 0 unspecified atom stereocenters. The zero-order valence-electron chi connectivity index (χ0n) is 12.3. The van der Waals surface area contributed by atoms with Crippen molar-refractivity contribution in [1.82, 2.24) is 5.32 Å². The molecule has 1 aliphatic rings. The number of hydrogen-bond donors (Lipinski definition) is 2. The molecule has 5 nitrogen and oxygen atoms in total. The second-order valence-electron chi connectivity index (χ2n) is 5.32. The number of benzene rings is 2. The van der Waals surface area contributed by atoms with Gasteiger partial charge in [0, 0.05) is 18.7 Å². The second-order valence-corrected chi connectivity index (χ2v) is 5.73. The van der Waals surface area contributed by atoms with Gasteiger partial charge in [0.1, 0.15) is 0 Å². The summed E-state index contributed by atoms with van der Waals surface area (Å²) in [6.45, 7) is 0.457. The van der Waals surface area contributed by atoms with E-state index in [0.29, 0.717) is 17.3 Å². The molecule has 2 aromatic carbocycles. The molecule has 6 heteroatoms. The van der Waals surface area contributed by atoms with E-state index in [1.54, 1.807) is 29.2 Å². The smallest absolute Gasteiger partial charge is 0.319 e. The summed E-state index contributed by atoms with van der Waals surface area (Å²) >= 11 is 6.01. The summed E-state index contributed by atoms with van der Waals surface area (Å²) in [5, 5.41) is 5.98. The van der Waals surface area contributed by atoms with Crippen molar-refractivity contribution in [2.75, 3.05) is 16.8 Å². The summed E-state index contributed by atoms with van der Waals surface area (Å²) < 4.78 is 0. The molecule has 1 heterocycles. The van der Waals surface area contributed by atoms with Crippen LogP contribution in [0, 0.1) is 0 Å². The fourth-order valence-electron chi connectivity index (χ4n) is 2.57. The molecule has 2 N–H and O–H groups in total. The average Bonchev–Trinajstić information content (AvgIpc) is 2.91. The molecule has 0 aromatic heterocycles. The Morgan fingerprint density at radius 2 is 1.78 bits per heavy atom. The normalized spacial score (nSPS) is 17.2. The molecule has 2 aromatic rings. The van der Waals surface area contributed by atoms with Crippen molar-refractivity contribution in [1.29, 1.82) is 0 Å². The first-order valence-corrected chi connectivity index (χ1v) is 7.69. The maximum atomic E-state index is 12.1. The van der Waals surface area contributed by atoms with Crippen molar-refractivity contribution in [3.05, 3.63) is 59.6 Å². The Labute approximate surface area is 139 Å². The van der Waals surface area contributed by atoms with Gasteiger partial charge in [-0.2, -0.15) is 0 Å². The van der Waals surface area contributed by atoms with Crippen LogP contribution in [0.5, 0.6) is 0 Å². The van der Waals surface area contributed by atoms with E-state index >= 15 is 0 Å². The lowest BCUT2D eigenvalue weighted by Crippen LogP contribution is -2.39. The van der Waals surface area contributed by atoms with E-state index in [2.05, 4.69) is 10.6 Å². The highest BCUT2D eigenvalue weighted by Crippen LogP contribution is 2.22. The number of hydrogen-bond acceptors (Lipinski definition) is 2. The summed E-state index contributed by atoms with van der Waals surface area (Å²) in [7, 11) is 0. The lowest BCUT2D eigenvalue weighted by atomic mass is 10.2. The Morgan fingerprint density at radius 1 is 1.09 bits per heavy atom. The van der Waals surface area contributed by atoms with Crippen molar-refractivity contribution in [3.63, 3.8) is 0 Å². The molecule has 0 saturated carbocycles. The first-order chi connectivity index (χ1) is 11.1. The highest BCUT2D eigenvalue weighted by Gasteiger charge is 2.31. The van der Waals surface area contributed by atoms with Gasteiger partial charge in [0.2, 0.25) is 5.91 Å². The van der Waals surface area contributed by atoms with E-state index in [9.17, 15) is 9.59 Å². The van der Waals surface area contributed by atoms with Gasteiger partial charge in [-0.1, -0.05) is 41.9 Å². The Morgan fingerprint density at radius 3 is 2.52 bits per heavy atom. The second kappa shape index (κ2) is 6.71. The molecule has 23 heavy (non-hydrogen) atoms. The Bertz CT molecular complexity index is 721. The molecule has 118 valence electrons. The number of amides is 3. The van der Waals surface area contributed by atoms with Gasteiger partial charge in [0.15, 0.2) is 0 Å². The Hall–Kier alpha value is -2.53. The van der Waals surface area contributed by atoms with E-state index in [4.69, 9.17) is 11.6 Å². The highest BCUT2D eigenvalue weighted by atomic mass is 35.5. The van der Waals surface area contributed by atoms with Crippen LogP contribution in [0.4, 0.5) is 16.2 Å². The third-order valence-corrected chi connectivity index (χ3v) is 3.98. The van der Waals surface area contributed by atoms with Crippen molar-refractivity contribution in [2.45, 2.75) is 12.5 Å². The van der Waals surface area contributed by atoms with E-state index in [1.165, 1.54) is 0 Å². The van der Waals surface area contributed by atoms with Gasteiger partial charge in [0.05, 0.1) is 16.8 Å². The van der Waals surface area contributed by atoms with E-state index in [-0.39, 0.29) is 24.4 Å². The van der Waals surface area contributed by atoms with E-state index in [0.717, 1.165) is 5.69 Å². The van der Waals surface area contributed by atoms with Crippen LogP contribution in [0.1, 0.15) is 6.42 Å². The maximum Gasteiger partial charge on any atom is 0.319 e. The fourth-order valence-corrected chi connectivity index (χ4v) is 2.75. The molecule has 3 amide bonds. The number of nitrogens with zero attached hydrogens (tertiary/aromatic N) is 1. The average molecular weight is 330 g/mol. The molecular weight excluding hydrogens is 314 g/mol. The minimum atomic E-state index is -0.370. The lowest BCUT2D eigenvalue weighted by molar-refractivity contribution is -0.117. The SMILES string of the molecule is O=C(Nc1ccccc1Cl)N[C@@H]1CC(=O)N(c2ccccc2)C1. The van der Waals surface area contributed by atoms with Crippen LogP contribution in [0.15, 0.2) is 54.6 Å². The first-order valence-electron chi connectivity index (χ1n) is 7.31. The molecule has 0 aliphatic carbocycles. The van der Waals surface area contributed by atoms with E-state index < -0.39 is 0 Å². The number of anilines is 2. The zero-order valence-corrected chi connectivity index (χ0v) is 13.1. The van der Waals surface area contributed by atoms with Crippen molar-refractivity contribution in [2.24, 2.45) is 0 Å². The number of para-hydroxylation sites is 2. The van der Waals surface area contributed by atoms with Crippen molar-refractivity contribution < 1.29 is 9.59 Å².